The summed E-state index contributed by atoms with van der Waals surface area (Å²) in [6.07, 6.45) is 10.7. The molecule has 0 bridgehead atoms. The molecule has 1 unspecified atom stereocenters. The third-order valence-corrected chi connectivity index (χ3v) is 7.62. The fourth-order valence-corrected chi connectivity index (χ4v) is 5.28. The Bertz CT molecular complexity index is 1460. The maximum atomic E-state index is 15.2. The van der Waals surface area contributed by atoms with Crippen molar-refractivity contribution in [3.05, 3.63) is 53.0 Å². The summed E-state index contributed by atoms with van der Waals surface area (Å²) < 4.78 is 23.4. The second kappa shape index (κ2) is 9.97. The number of anilines is 1. The number of aromatic amines is 1. The van der Waals surface area contributed by atoms with Gasteiger partial charge in [-0.25, -0.2) is 9.07 Å². The highest BCUT2D eigenvalue weighted by Gasteiger charge is 2.25. The van der Waals surface area contributed by atoms with E-state index in [0.29, 0.717) is 29.7 Å². The van der Waals surface area contributed by atoms with Gasteiger partial charge in [-0.15, -0.1) is 5.10 Å². The molecule has 3 aromatic heterocycles. The number of hydrogen-bond donors (Lipinski definition) is 2. The SMILES string of the molecule is COc1cc(-c2cn(Cn3cc(F)c(N4CCCC(NCC5CCC5)C4)cc3=O)nn2)c2cn[nH]c2c1. The number of piperidine rings is 1. The van der Waals surface area contributed by atoms with Gasteiger partial charge in [-0.2, -0.15) is 5.10 Å². The molecular formula is C26H31FN8O2. The molecule has 1 saturated carbocycles. The molecule has 1 aliphatic carbocycles. The smallest absolute Gasteiger partial charge is 0.254 e. The molecule has 1 saturated heterocycles. The topological polar surface area (TPSA) is 106 Å². The fraction of sp³-hybridized carbons (Fsp3) is 0.462. The molecule has 0 spiro atoms. The lowest BCUT2D eigenvalue weighted by molar-refractivity contribution is 0.280. The number of aromatic nitrogens is 6. The Balaban J connectivity index is 1.18. The van der Waals surface area contributed by atoms with Crippen LogP contribution in [0.15, 0.2) is 41.6 Å². The Hall–Kier alpha value is -3.73. The van der Waals surface area contributed by atoms with Crippen LogP contribution in [0.2, 0.25) is 0 Å². The Morgan fingerprint density at radius 1 is 1.19 bits per heavy atom. The zero-order chi connectivity index (χ0) is 25.4. The molecule has 6 rings (SSSR count). The monoisotopic (exact) mass is 506 g/mol. The van der Waals surface area contributed by atoms with Crippen molar-refractivity contribution < 1.29 is 9.13 Å². The summed E-state index contributed by atoms with van der Waals surface area (Å²) in [5.41, 5.74) is 2.31. The van der Waals surface area contributed by atoms with Crippen molar-refractivity contribution in [2.45, 2.75) is 44.8 Å². The minimum atomic E-state index is -0.410. The summed E-state index contributed by atoms with van der Waals surface area (Å²) in [5.74, 6) is 1.03. The number of halogens is 1. The third kappa shape index (κ3) is 4.83. The molecule has 37 heavy (non-hydrogen) atoms. The zero-order valence-corrected chi connectivity index (χ0v) is 20.9. The molecule has 2 fully saturated rings. The number of ether oxygens (including phenoxy) is 1. The van der Waals surface area contributed by atoms with Gasteiger partial charge in [-0.3, -0.25) is 14.5 Å². The van der Waals surface area contributed by atoms with Gasteiger partial charge in [0.15, 0.2) is 5.82 Å². The summed E-state index contributed by atoms with van der Waals surface area (Å²) >= 11 is 0. The first-order chi connectivity index (χ1) is 18.1. The van der Waals surface area contributed by atoms with Crippen molar-refractivity contribution in [3.8, 4) is 17.0 Å². The Labute approximate surface area is 213 Å². The van der Waals surface area contributed by atoms with Gasteiger partial charge in [0.25, 0.3) is 5.56 Å². The van der Waals surface area contributed by atoms with Crippen LogP contribution in [0.1, 0.15) is 32.1 Å². The Morgan fingerprint density at radius 2 is 2.08 bits per heavy atom. The highest BCUT2D eigenvalue weighted by molar-refractivity contribution is 5.94. The maximum Gasteiger partial charge on any atom is 0.254 e. The number of rotatable bonds is 8. The number of fused-ring (bicyclic) bond motifs is 1. The average Bonchev–Trinajstić information content (AvgIpc) is 3.54. The van der Waals surface area contributed by atoms with Crippen LogP contribution < -0.4 is 20.5 Å². The fourth-order valence-electron chi connectivity index (χ4n) is 5.28. The Morgan fingerprint density at radius 3 is 2.89 bits per heavy atom. The molecule has 1 atom stereocenters. The van der Waals surface area contributed by atoms with Gasteiger partial charge < -0.3 is 15.0 Å². The molecular weight excluding hydrogens is 475 g/mol. The van der Waals surface area contributed by atoms with E-state index >= 15 is 4.39 Å². The summed E-state index contributed by atoms with van der Waals surface area (Å²) in [6.45, 7) is 2.54. The number of nitrogens with zero attached hydrogens (tertiary/aromatic N) is 6. The molecule has 4 heterocycles. The second-order valence-electron chi connectivity index (χ2n) is 10.1. The average molecular weight is 507 g/mol. The van der Waals surface area contributed by atoms with Crippen molar-refractivity contribution in [2.24, 2.45) is 5.92 Å². The van der Waals surface area contributed by atoms with Crippen LogP contribution in [0.4, 0.5) is 10.1 Å². The first kappa shape index (κ1) is 23.7. The van der Waals surface area contributed by atoms with Crippen molar-refractivity contribution in [3.63, 3.8) is 0 Å². The van der Waals surface area contributed by atoms with E-state index in [-0.39, 0.29) is 12.2 Å². The largest absolute Gasteiger partial charge is 0.497 e. The third-order valence-electron chi connectivity index (χ3n) is 7.62. The van der Waals surface area contributed by atoms with Crippen molar-refractivity contribution in [1.29, 1.82) is 0 Å². The lowest BCUT2D eigenvalue weighted by Crippen LogP contribution is -2.48. The van der Waals surface area contributed by atoms with E-state index in [1.54, 1.807) is 19.5 Å². The Kier molecular flexibility index (Phi) is 6.37. The van der Waals surface area contributed by atoms with Gasteiger partial charge in [0.2, 0.25) is 0 Å². The van der Waals surface area contributed by atoms with E-state index in [0.717, 1.165) is 48.3 Å². The predicted molar refractivity (Wildman–Crippen MR) is 138 cm³/mol. The summed E-state index contributed by atoms with van der Waals surface area (Å²) in [4.78, 5) is 14.9. The van der Waals surface area contributed by atoms with Gasteiger partial charge >= 0.3 is 0 Å². The molecule has 11 heteroatoms. The number of H-pyrrole nitrogens is 1. The van der Waals surface area contributed by atoms with Crippen molar-refractivity contribution >= 4 is 16.6 Å². The van der Waals surface area contributed by atoms with E-state index in [4.69, 9.17) is 4.74 Å². The molecule has 1 aromatic carbocycles. The van der Waals surface area contributed by atoms with E-state index in [9.17, 15) is 4.79 Å². The van der Waals surface area contributed by atoms with Gasteiger partial charge in [0.05, 0.1) is 30.7 Å². The highest BCUT2D eigenvalue weighted by atomic mass is 19.1. The van der Waals surface area contributed by atoms with Crippen LogP contribution in [0, 0.1) is 11.7 Å². The molecule has 2 N–H and O–H groups in total. The summed E-state index contributed by atoms with van der Waals surface area (Å²) in [6, 6.07) is 5.44. The number of nitrogens with one attached hydrogen (secondary N) is 2. The lowest BCUT2D eigenvalue weighted by atomic mass is 9.85. The van der Waals surface area contributed by atoms with Crippen molar-refractivity contribution in [2.75, 3.05) is 31.6 Å². The molecule has 4 aromatic rings. The molecule has 0 radical (unpaired) electrons. The second-order valence-corrected chi connectivity index (χ2v) is 10.1. The number of methoxy groups -OCH3 is 1. The number of pyridine rings is 1. The minimum absolute atomic E-state index is 0.0487. The van der Waals surface area contributed by atoms with E-state index in [1.807, 2.05) is 17.0 Å². The molecule has 0 amide bonds. The van der Waals surface area contributed by atoms with Gasteiger partial charge in [-0.05, 0) is 44.2 Å². The van der Waals surface area contributed by atoms with Gasteiger partial charge in [-0.1, -0.05) is 11.6 Å². The van der Waals surface area contributed by atoms with Crippen LogP contribution in [-0.2, 0) is 6.67 Å². The van der Waals surface area contributed by atoms with Crippen LogP contribution in [-0.4, -0.2) is 62.5 Å². The van der Waals surface area contributed by atoms with Crippen LogP contribution >= 0.6 is 0 Å². The molecule has 10 nitrogen and oxygen atoms in total. The van der Waals surface area contributed by atoms with E-state index < -0.39 is 5.82 Å². The zero-order valence-electron chi connectivity index (χ0n) is 20.9. The van der Waals surface area contributed by atoms with Crippen LogP contribution in [0.5, 0.6) is 5.75 Å². The maximum absolute atomic E-state index is 15.2. The normalized spacial score (nSPS) is 18.3. The van der Waals surface area contributed by atoms with Crippen LogP contribution in [0.3, 0.4) is 0 Å². The molecule has 1 aliphatic heterocycles. The summed E-state index contributed by atoms with van der Waals surface area (Å²) in [7, 11) is 1.60. The van der Waals surface area contributed by atoms with E-state index in [1.165, 1.54) is 40.8 Å². The highest BCUT2D eigenvalue weighted by Crippen LogP contribution is 2.31. The van der Waals surface area contributed by atoms with Crippen LogP contribution in [0.25, 0.3) is 22.2 Å². The molecule has 2 aliphatic rings. The van der Waals surface area contributed by atoms with E-state index in [2.05, 4.69) is 25.8 Å². The first-order valence-electron chi connectivity index (χ1n) is 12.9. The molecule has 194 valence electrons. The quantitative estimate of drug-likeness (QED) is 0.378. The number of hydrogen-bond acceptors (Lipinski definition) is 7. The standard InChI is InChI=1S/C26H31FN8O2/c1-37-19-8-20(21-12-29-30-23(21)9-19)24-15-35(32-31-24)16-34-14-22(27)25(10-26(34)36)33-7-3-6-18(13-33)28-11-17-4-2-5-17/h8-10,12,14-15,17-18,28H,2-7,11,13,16H2,1H3,(H,29,30). The lowest BCUT2D eigenvalue weighted by Gasteiger charge is -2.36. The predicted octanol–water partition coefficient (Wildman–Crippen LogP) is 3.00. The van der Waals surface area contributed by atoms with Gasteiger partial charge in [0.1, 0.15) is 18.1 Å². The minimum Gasteiger partial charge on any atom is -0.497 e. The summed E-state index contributed by atoms with van der Waals surface area (Å²) in [5, 5.41) is 20.0. The first-order valence-corrected chi connectivity index (χ1v) is 12.9. The number of benzene rings is 1. The van der Waals surface area contributed by atoms with Crippen molar-refractivity contribution in [1.82, 2.24) is 35.1 Å². The van der Waals surface area contributed by atoms with Gasteiger partial charge in [0, 0.05) is 48.4 Å².